The summed E-state index contributed by atoms with van der Waals surface area (Å²) in [6.07, 6.45) is 16.7. The van der Waals surface area contributed by atoms with Crippen molar-refractivity contribution in [3.05, 3.63) is 46.0 Å². The van der Waals surface area contributed by atoms with Crippen molar-refractivity contribution >= 4 is 22.8 Å². The second kappa shape index (κ2) is 11.8. The van der Waals surface area contributed by atoms with Gasteiger partial charge in [0.15, 0.2) is 0 Å². The van der Waals surface area contributed by atoms with E-state index in [0.29, 0.717) is 11.2 Å². The first kappa shape index (κ1) is 29.7. The van der Waals surface area contributed by atoms with Crippen molar-refractivity contribution in [1.82, 2.24) is 0 Å². The van der Waals surface area contributed by atoms with Crippen molar-refractivity contribution in [2.45, 2.75) is 110 Å². The third-order valence-corrected chi connectivity index (χ3v) is 12.8. The highest BCUT2D eigenvalue weighted by molar-refractivity contribution is 8.13. The molecule has 0 saturated heterocycles. The molecule has 1 aromatic carbocycles. The number of thioether (sulfide) groups is 1. The van der Waals surface area contributed by atoms with E-state index in [-0.39, 0.29) is 21.7 Å². The van der Waals surface area contributed by atoms with Crippen molar-refractivity contribution in [2.75, 3.05) is 0 Å². The van der Waals surface area contributed by atoms with Crippen LogP contribution >= 0.6 is 11.8 Å². The number of carbonyl (C=O) groups excluding carboxylic acids is 1. The standard InChI is InChI=1S/C34H49NO4S/c1-22(2)7-6-8-23(3)29-15-16-30-28-14-9-24-21-27(17-19-33(24,4)31(28)18-20-34(29,30)5)40-32(36)39-26-12-10-25(11-13-26)35(37)38/h9-13,22-23,27-31H,6-8,14-21H2,1-5H3/t23-,27-,28+,29-,30+,31+,33-,34+/m0/s1. The van der Waals surface area contributed by atoms with Crippen molar-refractivity contribution in [3.8, 4) is 5.75 Å². The van der Waals surface area contributed by atoms with Crippen LogP contribution in [-0.2, 0) is 0 Å². The Balaban J connectivity index is 1.20. The Bertz CT molecular complexity index is 1120. The highest BCUT2D eigenvalue weighted by Gasteiger charge is 2.59. The topological polar surface area (TPSA) is 69.4 Å². The Morgan fingerprint density at radius 2 is 1.80 bits per heavy atom. The number of non-ortho nitro benzene ring substituents is 1. The first-order valence-electron chi connectivity index (χ1n) is 15.8. The lowest BCUT2D eigenvalue weighted by molar-refractivity contribution is -0.384. The first-order valence-corrected chi connectivity index (χ1v) is 16.7. The van der Waals surface area contributed by atoms with Crippen LogP contribution in [0.1, 0.15) is 105 Å². The fourth-order valence-corrected chi connectivity index (χ4v) is 10.6. The predicted molar refractivity (Wildman–Crippen MR) is 164 cm³/mol. The van der Waals surface area contributed by atoms with Gasteiger partial charge in [0.05, 0.1) is 4.92 Å². The molecule has 0 bridgehead atoms. The van der Waals surface area contributed by atoms with Crippen LogP contribution in [0.3, 0.4) is 0 Å². The summed E-state index contributed by atoms with van der Waals surface area (Å²) in [6, 6.07) is 5.74. The SMILES string of the molecule is CC(C)CCC[C@H](C)[C@@H]1CC[C@@H]2[C@H]3CC=C4C[C@@H](SC(=O)Oc5ccc([N+](=O)[O-])cc5)CC[C@]4(C)[C@@H]3CC[C@@]21C. The Hall–Kier alpha value is -1.82. The number of hydrogen-bond donors (Lipinski definition) is 0. The third-order valence-electron chi connectivity index (χ3n) is 11.8. The molecule has 0 unspecified atom stereocenters. The number of nitrogens with zero attached hydrogens (tertiary/aromatic N) is 1. The number of allylic oxidation sites excluding steroid dienone is 2. The van der Waals surface area contributed by atoms with E-state index in [4.69, 9.17) is 4.74 Å². The van der Waals surface area contributed by atoms with Gasteiger partial charge in [0.2, 0.25) is 0 Å². The van der Waals surface area contributed by atoms with Crippen LogP contribution in [0.5, 0.6) is 5.75 Å². The molecule has 3 saturated carbocycles. The highest BCUT2D eigenvalue weighted by atomic mass is 32.2. The van der Waals surface area contributed by atoms with Gasteiger partial charge in [-0.15, -0.1) is 0 Å². The second-order valence-corrected chi connectivity index (χ2v) is 15.6. The molecular formula is C34H49NO4S. The molecule has 0 N–H and O–H groups in total. The zero-order valence-electron chi connectivity index (χ0n) is 25.2. The summed E-state index contributed by atoms with van der Waals surface area (Å²) < 4.78 is 5.50. The molecule has 0 heterocycles. The summed E-state index contributed by atoms with van der Waals surface area (Å²) in [5.41, 5.74) is 2.36. The minimum absolute atomic E-state index is 0.00569. The number of rotatable bonds is 8. The maximum absolute atomic E-state index is 12.7. The molecule has 4 aliphatic rings. The van der Waals surface area contributed by atoms with Gasteiger partial charge in [0.1, 0.15) is 5.75 Å². The lowest BCUT2D eigenvalue weighted by Crippen LogP contribution is -2.50. The molecule has 0 spiro atoms. The van der Waals surface area contributed by atoms with Gasteiger partial charge < -0.3 is 4.74 Å². The lowest BCUT2D eigenvalue weighted by atomic mass is 9.47. The number of fused-ring (bicyclic) bond motifs is 5. The highest BCUT2D eigenvalue weighted by Crippen LogP contribution is 2.67. The van der Waals surface area contributed by atoms with Gasteiger partial charge in [-0.3, -0.25) is 10.1 Å². The van der Waals surface area contributed by atoms with E-state index >= 15 is 0 Å². The molecule has 40 heavy (non-hydrogen) atoms. The minimum Gasteiger partial charge on any atom is -0.418 e. The van der Waals surface area contributed by atoms with Gasteiger partial charge >= 0.3 is 5.30 Å². The average molecular weight is 568 g/mol. The zero-order valence-corrected chi connectivity index (χ0v) is 26.0. The van der Waals surface area contributed by atoms with Gasteiger partial charge in [-0.25, -0.2) is 4.79 Å². The molecule has 0 radical (unpaired) electrons. The van der Waals surface area contributed by atoms with Gasteiger partial charge in [-0.1, -0.05) is 65.5 Å². The quantitative estimate of drug-likeness (QED) is 0.135. The third kappa shape index (κ3) is 5.76. The molecule has 1 aromatic rings. The van der Waals surface area contributed by atoms with Gasteiger partial charge in [-0.2, -0.15) is 0 Å². The summed E-state index contributed by atoms with van der Waals surface area (Å²) in [5.74, 6) is 5.36. The number of benzene rings is 1. The summed E-state index contributed by atoms with van der Waals surface area (Å²) in [5, 5.41) is 10.8. The van der Waals surface area contributed by atoms with Crippen molar-refractivity contribution in [1.29, 1.82) is 0 Å². The minimum atomic E-state index is -0.449. The maximum atomic E-state index is 12.7. The molecule has 220 valence electrons. The molecule has 0 amide bonds. The Kier molecular flexibility index (Phi) is 8.76. The molecule has 0 aliphatic heterocycles. The molecule has 6 heteroatoms. The zero-order chi connectivity index (χ0) is 28.7. The molecule has 3 fully saturated rings. The summed E-state index contributed by atoms with van der Waals surface area (Å²) in [6.45, 7) is 12.5. The number of hydrogen-bond acceptors (Lipinski definition) is 5. The fourth-order valence-electron chi connectivity index (χ4n) is 9.64. The normalized spacial score (nSPS) is 35.8. The molecule has 8 atom stereocenters. The predicted octanol–water partition coefficient (Wildman–Crippen LogP) is 10.2. The molecule has 5 nitrogen and oxygen atoms in total. The largest absolute Gasteiger partial charge is 0.418 e. The van der Waals surface area contributed by atoms with Crippen molar-refractivity contribution in [2.24, 2.45) is 46.3 Å². The van der Waals surface area contributed by atoms with E-state index in [9.17, 15) is 14.9 Å². The first-order chi connectivity index (χ1) is 19.0. The van der Waals surface area contributed by atoms with Crippen LogP contribution in [0.25, 0.3) is 0 Å². The lowest BCUT2D eigenvalue weighted by Gasteiger charge is -2.58. The van der Waals surface area contributed by atoms with Crippen LogP contribution in [0, 0.1) is 56.5 Å². The van der Waals surface area contributed by atoms with Crippen LogP contribution in [0.4, 0.5) is 10.5 Å². The van der Waals surface area contributed by atoms with Gasteiger partial charge in [0.25, 0.3) is 5.69 Å². The van der Waals surface area contributed by atoms with Crippen LogP contribution in [-0.4, -0.2) is 15.5 Å². The Morgan fingerprint density at radius 3 is 2.50 bits per heavy atom. The second-order valence-electron chi connectivity index (χ2n) is 14.4. The van der Waals surface area contributed by atoms with Gasteiger partial charge in [0, 0.05) is 17.4 Å². The Labute approximate surface area is 245 Å². The number of nitro benzene ring substituents is 1. The van der Waals surface area contributed by atoms with Crippen molar-refractivity contribution in [3.63, 3.8) is 0 Å². The smallest absolute Gasteiger partial charge is 0.372 e. The monoisotopic (exact) mass is 567 g/mol. The summed E-state index contributed by atoms with van der Waals surface area (Å²) in [4.78, 5) is 23.1. The number of ether oxygens (including phenoxy) is 1. The molecule has 4 aliphatic carbocycles. The number of carbonyl (C=O) groups is 1. The molecule has 5 rings (SSSR count). The average Bonchev–Trinajstić information content (AvgIpc) is 3.26. The van der Waals surface area contributed by atoms with E-state index in [1.165, 1.54) is 87.4 Å². The van der Waals surface area contributed by atoms with Crippen molar-refractivity contribution < 1.29 is 14.5 Å². The van der Waals surface area contributed by atoms with E-state index in [0.717, 1.165) is 54.8 Å². The van der Waals surface area contributed by atoms with E-state index < -0.39 is 4.92 Å². The summed E-state index contributed by atoms with van der Waals surface area (Å²) in [7, 11) is 0. The van der Waals surface area contributed by atoms with Crippen LogP contribution < -0.4 is 4.74 Å². The van der Waals surface area contributed by atoms with E-state index in [1.54, 1.807) is 5.57 Å². The molecular weight excluding hydrogens is 518 g/mol. The number of nitro groups is 1. The maximum Gasteiger partial charge on any atom is 0.372 e. The van der Waals surface area contributed by atoms with E-state index in [2.05, 4.69) is 40.7 Å². The molecule has 0 aromatic heterocycles. The van der Waals surface area contributed by atoms with E-state index in [1.807, 2.05) is 0 Å². The summed E-state index contributed by atoms with van der Waals surface area (Å²) >= 11 is 1.30. The van der Waals surface area contributed by atoms with Crippen LogP contribution in [0.2, 0.25) is 0 Å². The Morgan fingerprint density at radius 1 is 1.05 bits per heavy atom. The van der Waals surface area contributed by atoms with Crippen LogP contribution in [0.15, 0.2) is 35.9 Å². The fraction of sp³-hybridized carbons (Fsp3) is 0.735. The van der Waals surface area contributed by atoms with Gasteiger partial charge in [-0.05, 0) is 122 Å².